The second-order valence-electron chi connectivity index (χ2n) is 3.17. The molecule has 0 amide bonds. The van der Waals surface area contributed by atoms with Crippen molar-refractivity contribution in [2.45, 2.75) is 12.5 Å². The highest BCUT2D eigenvalue weighted by Gasteiger charge is 2.30. The average molecular weight is 234 g/mol. The van der Waals surface area contributed by atoms with E-state index in [2.05, 4.69) is 0 Å². The monoisotopic (exact) mass is 233 g/mol. The molecule has 76 valence electrons. The van der Waals surface area contributed by atoms with E-state index >= 15 is 0 Å². The number of nitrogens with two attached hydrogens (primary N) is 1. The largest absolute Gasteiger partial charge is 0.480 e. The van der Waals surface area contributed by atoms with Crippen LogP contribution in [0.3, 0.4) is 0 Å². The molecule has 0 aliphatic carbocycles. The van der Waals surface area contributed by atoms with Crippen LogP contribution in [0.2, 0.25) is 10.0 Å². The molecule has 0 spiro atoms. The SMILES string of the molecule is C[C@@](N)(C(=O)O)c1cc(Cl)cc(Cl)c1. The first-order chi connectivity index (χ1) is 6.34. The van der Waals surface area contributed by atoms with Crippen molar-refractivity contribution in [1.29, 1.82) is 0 Å². The van der Waals surface area contributed by atoms with E-state index in [-0.39, 0.29) is 0 Å². The van der Waals surface area contributed by atoms with Crippen molar-refractivity contribution in [3.05, 3.63) is 33.8 Å². The van der Waals surface area contributed by atoms with Crippen molar-refractivity contribution in [3.8, 4) is 0 Å². The summed E-state index contributed by atoms with van der Waals surface area (Å²) in [6.45, 7) is 1.39. The molecule has 0 saturated carbocycles. The zero-order valence-corrected chi connectivity index (χ0v) is 8.93. The van der Waals surface area contributed by atoms with Crippen LogP contribution in [0.4, 0.5) is 0 Å². The first-order valence-electron chi connectivity index (χ1n) is 3.83. The van der Waals surface area contributed by atoms with E-state index in [1.54, 1.807) is 0 Å². The maximum Gasteiger partial charge on any atom is 0.328 e. The van der Waals surface area contributed by atoms with Gasteiger partial charge in [0.25, 0.3) is 0 Å². The number of carboxylic acid groups (broad SMARTS) is 1. The highest BCUT2D eigenvalue weighted by atomic mass is 35.5. The molecule has 1 rings (SSSR count). The Morgan fingerprint density at radius 3 is 2.14 bits per heavy atom. The molecule has 0 radical (unpaired) electrons. The lowest BCUT2D eigenvalue weighted by molar-refractivity contribution is -0.143. The quantitative estimate of drug-likeness (QED) is 0.824. The van der Waals surface area contributed by atoms with Gasteiger partial charge in [0.05, 0.1) is 0 Å². The lowest BCUT2D eigenvalue weighted by atomic mass is 9.94. The Hall–Kier alpha value is -0.770. The first kappa shape index (κ1) is 11.3. The van der Waals surface area contributed by atoms with Gasteiger partial charge in [-0.05, 0) is 30.7 Å². The summed E-state index contributed by atoms with van der Waals surface area (Å²) in [4.78, 5) is 10.8. The fraction of sp³-hybridized carbons (Fsp3) is 0.222. The number of rotatable bonds is 2. The van der Waals surface area contributed by atoms with Gasteiger partial charge in [-0.25, -0.2) is 4.79 Å². The number of carboxylic acids is 1. The Morgan fingerprint density at radius 1 is 1.36 bits per heavy atom. The van der Waals surface area contributed by atoms with Crippen molar-refractivity contribution in [2.24, 2.45) is 5.73 Å². The van der Waals surface area contributed by atoms with E-state index in [0.717, 1.165) is 0 Å². The Kier molecular flexibility index (Phi) is 3.04. The second-order valence-corrected chi connectivity index (χ2v) is 4.04. The van der Waals surface area contributed by atoms with Gasteiger partial charge in [0.1, 0.15) is 5.54 Å². The van der Waals surface area contributed by atoms with Crippen LogP contribution >= 0.6 is 23.2 Å². The van der Waals surface area contributed by atoms with E-state index in [9.17, 15) is 4.79 Å². The molecule has 14 heavy (non-hydrogen) atoms. The number of hydrogen-bond acceptors (Lipinski definition) is 2. The molecule has 0 bridgehead atoms. The lowest BCUT2D eigenvalue weighted by Crippen LogP contribution is -2.41. The molecule has 3 nitrogen and oxygen atoms in total. The van der Waals surface area contributed by atoms with Crippen LogP contribution in [0.15, 0.2) is 18.2 Å². The third-order valence-electron chi connectivity index (χ3n) is 1.91. The third kappa shape index (κ3) is 2.18. The zero-order valence-electron chi connectivity index (χ0n) is 7.42. The minimum absolute atomic E-state index is 0.366. The molecule has 3 N–H and O–H groups in total. The molecule has 0 saturated heterocycles. The number of halogens is 2. The summed E-state index contributed by atoms with van der Waals surface area (Å²) < 4.78 is 0. The van der Waals surface area contributed by atoms with E-state index in [1.165, 1.54) is 25.1 Å². The summed E-state index contributed by atoms with van der Waals surface area (Å²) in [5.74, 6) is -1.13. The van der Waals surface area contributed by atoms with Crippen molar-refractivity contribution in [3.63, 3.8) is 0 Å². The van der Waals surface area contributed by atoms with Crippen molar-refractivity contribution in [1.82, 2.24) is 0 Å². The standard InChI is InChI=1S/C9H9Cl2NO2/c1-9(12,8(13)14)5-2-6(10)4-7(11)3-5/h2-4H,12H2,1H3,(H,13,14)/t9-/m0/s1. The molecule has 0 aliphatic heterocycles. The third-order valence-corrected chi connectivity index (χ3v) is 2.34. The van der Waals surface area contributed by atoms with Crippen LogP contribution < -0.4 is 5.73 Å². The molecular formula is C9H9Cl2NO2. The Labute approximate surface area is 91.4 Å². The van der Waals surface area contributed by atoms with Gasteiger partial charge in [0, 0.05) is 10.0 Å². The van der Waals surface area contributed by atoms with E-state index in [0.29, 0.717) is 15.6 Å². The summed E-state index contributed by atoms with van der Waals surface area (Å²) in [5.41, 5.74) is 4.50. The normalized spacial score (nSPS) is 14.9. The van der Waals surface area contributed by atoms with Crippen molar-refractivity contribution >= 4 is 29.2 Å². The summed E-state index contributed by atoms with van der Waals surface area (Å²) >= 11 is 11.5. The molecule has 0 heterocycles. The van der Waals surface area contributed by atoms with Gasteiger partial charge in [0.15, 0.2) is 0 Å². The fourth-order valence-electron chi connectivity index (χ4n) is 0.977. The first-order valence-corrected chi connectivity index (χ1v) is 4.58. The maximum absolute atomic E-state index is 10.8. The summed E-state index contributed by atoms with van der Waals surface area (Å²) in [5, 5.41) is 9.60. The highest BCUT2D eigenvalue weighted by molar-refractivity contribution is 6.34. The van der Waals surface area contributed by atoms with Crippen LogP contribution in [0.25, 0.3) is 0 Å². The van der Waals surface area contributed by atoms with Crippen LogP contribution in [0, 0.1) is 0 Å². The summed E-state index contributed by atoms with van der Waals surface area (Å²) in [7, 11) is 0. The molecule has 1 atom stereocenters. The molecule has 0 unspecified atom stereocenters. The molecule has 0 fully saturated rings. The molecule has 1 aromatic rings. The topological polar surface area (TPSA) is 63.3 Å². The summed E-state index contributed by atoms with van der Waals surface area (Å²) in [6.07, 6.45) is 0. The van der Waals surface area contributed by atoms with E-state index in [4.69, 9.17) is 34.0 Å². The zero-order chi connectivity index (χ0) is 10.9. The van der Waals surface area contributed by atoms with Gasteiger partial charge in [-0.1, -0.05) is 23.2 Å². The van der Waals surface area contributed by atoms with Crippen LogP contribution in [-0.4, -0.2) is 11.1 Å². The minimum atomic E-state index is -1.48. The predicted molar refractivity (Wildman–Crippen MR) is 55.6 cm³/mol. The summed E-state index contributed by atoms with van der Waals surface area (Å²) in [6, 6.07) is 4.49. The van der Waals surface area contributed by atoms with Crippen molar-refractivity contribution < 1.29 is 9.90 Å². The molecule has 0 aliphatic rings. The maximum atomic E-state index is 10.8. The van der Waals surface area contributed by atoms with Gasteiger partial charge >= 0.3 is 5.97 Å². The van der Waals surface area contributed by atoms with Crippen molar-refractivity contribution in [2.75, 3.05) is 0 Å². The average Bonchev–Trinajstić information content (AvgIpc) is 2.01. The number of hydrogen-bond donors (Lipinski definition) is 2. The molecule has 5 heteroatoms. The fourth-order valence-corrected chi connectivity index (χ4v) is 1.50. The van der Waals surface area contributed by atoms with E-state index < -0.39 is 11.5 Å². The van der Waals surface area contributed by atoms with Crippen LogP contribution in [0.5, 0.6) is 0 Å². The minimum Gasteiger partial charge on any atom is -0.480 e. The van der Waals surface area contributed by atoms with Gasteiger partial charge in [-0.3, -0.25) is 0 Å². The van der Waals surface area contributed by atoms with Gasteiger partial charge < -0.3 is 10.8 Å². The number of benzene rings is 1. The number of aliphatic carboxylic acids is 1. The molecular weight excluding hydrogens is 225 g/mol. The van der Waals surface area contributed by atoms with Crippen LogP contribution in [-0.2, 0) is 10.3 Å². The Balaban J connectivity index is 3.25. The van der Waals surface area contributed by atoms with E-state index in [1.807, 2.05) is 0 Å². The van der Waals surface area contributed by atoms with Gasteiger partial charge in [0.2, 0.25) is 0 Å². The predicted octanol–water partition coefficient (Wildman–Crippen LogP) is 2.25. The smallest absolute Gasteiger partial charge is 0.328 e. The number of carbonyl (C=O) groups is 1. The second kappa shape index (κ2) is 3.77. The van der Waals surface area contributed by atoms with Gasteiger partial charge in [-0.2, -0.15) is 0 Å². The molecule has 0 aromatic heterocycles. The Bertz CT molecular complexity index is 357. The molecule has 1 aromatic carbocycles. The van der Waals surface area contributed by atoms with Crippen LogP contribution in [0.1, 0.15) is 12.5 Å². The lowest BCUT2D eigenvalue weighted by Gasteiger charge is -2.20. The highest BCUT2D eigenvalue weighted by Crippen LogP contribution is 2.25. The Morgan fingerprint density at radius 2 is 1.79 bits per heavy atom. The van der Waals surface area contributed by atoms with Gasteiger partial charge in [-0.15, -0.1) is 0 Å².